The van der Waals surface area contributed by atoms with E-state index in [4.69, 9.17) is 5.11 Å². The summed E-state index contributed by atoms with van der Waals surface area (Å²) in [5, 5.41) is 12.8. The minimum Gasteiger partial charge on any atom is -0.478 e. The monoisotopic (exact) mass is 321 g/mol. The molecule has 0 heterocycles. The second-order valence-corrected chi connectivity index (χ2v) is 7.15. The average Bonchev–Trinajstić information content (AvgIpc) is 3.17. The topological polar surface area (TPSA) is 49.3 Å². The first-order valence-corrected chi connectivity index (χ1v) is 8.28. The Balaban J connectivity index is 0.00000144. The predicted octanol–water partition coefficient (Wildman–Crippen LogP) is 3.72. The number of hydrogen-bond acceptors (Lipinski definition) is 2. The summed E-state index contributed by atoms with van der Waals surface area (Å²) in [5.74, 6) is 3.01. The highest BCUT2D eigenvalue weighted by Gasteiger charge is 2.53. The van der Waals surface area contributed by atoms with Gasteiger partial charge in [-0.25, -0.2) is 4.79 Å². The lowest BCUT2D eigenvalue weighted by molar-refractivity contribution is 0.0696. The average molecular weight is 322 g/mol. The van der Waals surface area contributed by atoms with Crippen molar-refractivity contribution < 1.29 is 9.90 Å². The maximum atomic E-state index is 11.0. The van der Waals surface area contributed by atoms with Crippen molar-refractivity contribution in [3.05, 3.63) is 35.4 Å². The van der Waals surface area contributed by atoms with Crippen LogP contribution in [0.25, 0.3) is 0 Å². The minimum atomic E-state index is -0.842. The summed E-state index contributed by atoms with van der Waals surface area (Å²) in [4.78, 5) is 11.0. The Morgan fingerprint density at radius 3 is 2.82 bits per heavy atom. The number of carbonyl (C=O) groups is 1. The summed E-state index contributed by atoms with van der Waals surface area (Å²) < 4.78 is 0. The first kappa shape index (κ1) is 15.8. The van der Waals surface area contributed by atoms with Gasteiger partial charge in [-0.05, 0) is 67.1 Å². The standard InChI is InChI=1S/C18H23NO2.ClH/c20-18(21)12-4-1-3-11(7-12)10-19-17-9-13-8-16(17)15-6-2-5-14(13)15;/h1,3-4,7,13-17,19H,2,5-6,8-10H2,(H,20,21);1H. The number of carboxylic acid groups (broad SMARTS) is 1. The van der Waals surface area contributed by atoms with Crippen molar-refractivity contribution >= 4 is 18.4 Å². The van der Waals surface area contributed by atoms with Crippen molar-refractivity contribution in [3.63, 3.8) is 0 Å². The molecule has 0 aromatic heterocycles. The zero-order valence-corrected chi connectivity index (χ0v) is 13.5. The zero-order valence-electron chi connectivity index (χ0n) is 12.7. The normalized spacial score (nSPS) is 35.2. The van der Waals surface area contributed by atoms with Crippen molar-refractivity contribution in [1.29, 1.82) is 0 Å². The molecule has 3 aliphatic rings. The Bertz CT molecular complexity index is 562. The van der Waals surface area contributed by atoms with Gasteiger partial charge in [0.1, 0.15) is 0 Å². The molecule has 1 aromatic rings. The summed E-state index contributed by atoms with van der Waals surface area (Å²) in [5.41, 5.74) is 1.47. The molecule has 0 saturated heterocycles. The van der Waals surface area contributed by atoms with Gasteiger partial charge in [-0.15, -0.1) is 12.4 Å². The van der Waals surface area contributed by atoms with Crippen LogP contribution < -0.4 is 5.32 Å². The molecule has 3 fully saturated rings. The van der Waals surface area contributed by atoms with E-state index >= 15 is 0 Å². The molecule has 2 bridgehead atoms. The molecule has 0 spiro atoms. The third kappa shape index (κ3) is 2.65. The van der Waals surface area contributed by atoms with Crippen molar-refractivity contribution in [2.75, 3.05) is 0 Å². The lowest BCUT2D eigenvalue weighted by atomic mass is 9.79. The molecular weight excluding hydrogens is 298 g/mol. The van der Waals surface area contributed by atoms with Crippen LogP contribution in [-0.2, 0) is 6.54 Å². The molecule has 4 heteroatoms. The van der Waals surface area contributed by atoms with Crippen LogP contribution in [0.1, 0.15) is 48.0 Å². The molecule has 0 amide bonds. The largest absolute Gasteiger partial charge is 0.478 e. The predicted molar refractivity (Wildman–Crippen MR) is 88.3 cm³/mol. The maximum absolute atomic E-state index is 11.0. The van der Waals surface area contributed by atoms with E-state index in [1.165, 1.54) is 32.1 Å². The molecule has 5 unspecified atom stereocenters. The number of hydrogen-bond donors (Lipinski definition) is 2. The lowest BCUT2D eigenvalue weighted by Crippen LogP contribution is -2.38. The molecule has 3 nitrogen and oxygen atoms in total. The molecule has 0 radical (unpaired) electrons. The summed E-state index contributed by atoms with van der Waals surface area (Å²) in [7, 11) is 0. The van der Waals surface area contributed by atoms with Crippen LogP contribution >= 0.6 is 12.4 Å². The van der Waals surface area contributed by atoms with Crippen molar-refractivity contribution in [2.45, 2.75) is 44.7 Å². The van der Waals surface area contributed by atoms with Gasteiger partial charge < -0.3 is 10.4 Å². The van der Waals surface area contributed by atoms with Gasteiger partial charge >= 0.3 is 5.97 Å². The summed E-state index contributed by atoms with van der Waals surface area (Å²) in [6.45, 7) is 0.798. The number of benzene rings is 1. The Morgan fingerprint density at radius 2 is 2.00 bits per heavy atom. The van der Waals surface area contributed by atoms with E-state index in [1.807, 2.05) is 12.1 Å². The van der Waals surface area contributed by atoms with Crippen molar-refractivity contribution in [2.24, 2.45) is 23.7 Å². The minimum absolute atomic E-state index is 0. The lowest BCUT2D eigenvalue weighted by Gasteiger charge is -2.32. The summed E-state index contributed by atoms with van der Waals surface area (Å²) in [6.07, 6.45) is 7.13. The van der Waals surface area contributed by atoms with Crippen molar-refractivity contribution in [1.82, 2.24) is 5.32 Å². The molecular formula is C18H24ClNO2. The Hall–Kier alpha value is -1.06. The van der Waals surface area contributed by atoms with Crippen molar-refractivity contribution in [3.8, 4) is 0 Å². The first-order chi connectivity index (χ1) is 10.2. The fourth-order valence-corrected chi connectivity index (χ4v) is 5.37. The van der Waals surface area contributed by atoms with Crippen LogP contribution in [0.4, 0.5) is 0 Å². The number of fused-ring (bicyclic) bond motifs is 5. The second kappa shape index (κ2) is 6.21. The Kier molecular flexibility index (Phi) is 4.47. The molecule has 0 aliphatic heterocycles. The number of nitrogens with one attached hydrogen (secondary N) is 1. The van der Waals surface area contributed by atoms with E-state index in [2.05, 4.69) is 5.32 Å². The third-order valence-electron chi connectivity index (χ3n) is 6.17. The second-order valence-electron chi connectivity index (χ2n) is 7.15. The summed E-state index contributed by atoms with van der Waals surface area (Å²) >= 11 is 0. The molecule has 5 atom stereocenters. The van der Waals surface area contributed by atoms with Gasteiger partial charge in [0.15, 0.2) is 0 Å². The van der Waals surface area contributed by atoms with Gasteiger partial charge in [-0.2, -0.15) is 0 Å². The summed E-state index contributed by atoms with van der Waals surface area (Å²) in [6, 6.07) is 7.97. The quantitative estimate of drug-likeness (QED) is 0.888. The fourth-order valence-electron chi connectivity index (χ4n) is 5.37. The molecule has 2 N–H and O–H groups in total. The van der Waals surface area contributed by atoms with Crippen LogP contribution in [0.2, 0.25) is 0 Å². The van der Waals surface area contributed by atoms with E-state index in [-0.39, 0.29) is 12.4 Å². The number of halogens is 1. The Morgan fingerprint density at radius 1 is 1.18 bits per heavy atom. The first-order valence-electron chi connectivity index (χ1n) is 8.28. The van der Waals surface area contributed by atoms with Gasteiger partial charge in [-0.3, -0.25) is 0 Å². The molecule has 4 rings (SSSR count). The maximum Gasteiger partial charge on any atom is 0.335 e. The zero-order chi connectivity index (χ0) is 14.4. The van der Waals surface area contributed by atoms with E-state index < -0.39 is 5.97 Å². The number of aromatic carboxylic acids is 1. The highest BCUT2D eigenvalue weighted by molar-refractivity contribution is 5.87. The van der Waals surface area contributed by atoms with Gasteiger partial charge in [0.05, 0.1) is 5.56 Å². The van der Waals surface area contributed by atoms with Crippen LogP contribution in [0.5, 0.6) is 0 Å². The van der Waals surface area contributed by atoms with Crippen LogP contribution in [0, 0.1) is 23.7 Å². The molecule has 3 aliphatic carbocycles. The van der Waals surface area contributed by atoms with E-state index in [9.17, 15) is 4.79 Å². The molecule has 22 heavy (non-hydrogen) atoms. The Labute approximate surface area is 137 Å². The van der Waals surface area contributed by atoms with Crippen LogP contribution in [-0.4, -0.2) is 17.1 Å². The smallest absolute Gasteiger partial charge is 0.335 e. The van der Waals surface area contributed by atoms with Gasteiger partial charge in [0.25, 0.3) is 0 Å². The van der Waals surface area contributed by atoms with E-state index in [1.54, 1.807) is 12.1 Å². The van der Waals surface area contributed by atoms with Gasteiger partial charge in [0.2, 0.25) is 0 Å². The van der Waals surface area contributed by atoms with Crippen LogP contribution in [0.15, 0.2) is 24.3 Å². The fraction of sp³-hybridized carbons (Fsp3) is 0.611. The van der Waals surface area contributed by atoms with E-state index in [0.717, 1.165) is 35.8 Å². The highest BCUT2D eigenvalue weighted by Crippen LogP contribution is 2.58. The molecule has 1 aromatic carbocycles. The van der Waals surface area contributed by atoms with Gasteiger partial charge in [-0.1, -0.05) is 18.6 Å². The number of carboxylic acids is 1. The van der Waals surface area contributed by atoms with E-state index in [0.29, 0.717) is 11.6 Å². The third-order valence-corrected chi connectivity index (χ3v) is 6.17. The van der Waals surface area contributed by atoms with Crippen LogP contribution in [0.3, 0.4) is 0 Å². The van der Waals surface area contributed by atoms with Gasteiger partial charge in [0, 0.05) is 12.6 Å². The molecule has 3 saturated carbocycles. The highest BCUT2D eigenvalue weighted by atomic mass is 35.5. The SMILES string of the molecule is Cl.O=C(O)c1cccc(CNC2CC3CC2C2CCCC32)c1. The number of rotatable bonds is 4. The molecule has 120 valence electrons.